The molecule has 0 radical (unpaired) electrons. The summed E-state index contributed by atoms with van der Waals surface area (Å²) in [5.41, 5.74) is 1.84. The first-order chi connectivity index (χ1) is 12.9. The molecule has 0 saturated carbocycles. The summed E-state index contributed by atoms with van der Waals surface area (Å²) in [5.74, 6) is -0.414. The zero-order valence-electron chi connectivity index (χ0n) is 15.4. The average molecular weight is 372 g/mol. The van der Waals surface area contributed by atoms with Crippen LogP contribution in [0, 0.1) is 5.82 Å². The van der Waals surface area contributed by atoms with Crippen molar-refractivity contribution in [2.75, 3.05) is 26.6 Å². The van der Waals surface area contributed by atoms with E-state index in [0.717, 1.165) is 5.56 Å². The van der Waals surface area contributed by atoms with Crippen LogP contribution in [0.4, 0.5) is 10.1 Å². The summed E-state index contributed by atoms with van der Waals surface area (Å²) in [7, 11) is 4.78. The smallest absolute Gasteiger partial charge is 0.230 e. The molecule has 27 heavy (non-hydrogen) atoms. The second-order valence-corrected chi connectivity index (χ2v) is 6.42. The van der Waals surface area contributed by atoms with Crippen LogP contribution in [-0.4, -0.2) is 38.0 Å². The molecule has 6 nitrogen and oxygen atoms in total. The average Bonchev–Trinajstić information content (AvgIpc) is 2.66. The van der Waals surface area contributed by atoms with E-state index in [9.17, 15) is 14.0 Å². The van der Waals surface area contributed by atoms with Crippen LogP contribution in [0.1, 0.15) is 23.5 Å². The Morgan fingerprint density at radius 3 is 2.63 bits per heavy atom. The molecule has 1 aliphatic rings. The van der Waals surface area contributed by atoms with E-state index in [1.54, 1.807) is 44.4 Å². The molecule has 2 aromatic carbocycles. The molecule has 1 atom stereocenters. The highest BCUT2D eigenvalue weighted by Gasteiger charge is 2.32. The summed E-state index contributed by atoms with van der Waals surface area (Å²) < 4.78 is 24.0. The molecule has 1 aliphatic heterocycles. The van der Waals surface area contributed by atoms with Gasteiger partial charge in [0.2, 0.25) is 11.8 Å². The van der Waals surface area contributed by atoms with Crippen molar-refractivity contribution in [2.45, 2.75) is 18.9 Å². The number of fused-ring (bicyclic) bond motifs is 1. The van der Waals surface area contributed by atoms with Gasteiger partial charge in [0.25, 0.3) is 0 Å². The maximum atomic E-state index is 13.5. The van der Waals surface area contributed by atoms with Gasteiger partial charge in [0.05, 0.1) is 20.1 Å². The van der Waals surface area contributed by atoms with Gasteiger partial charge < -0.3 is 19.7 Å². The van der Waals surface area contributed by atoms with Crippen molar-refractivity contribution < 1.29 is 23.5 Å². The number of carbonyl (C=O) groups excluding carboxylic acids is 2. The van der Waals surface area contributed by atoms with E-state index >= 15 is 0 Å². The third-order valence-corrected chi connectivity index (χ3v) is 4.60. The van der Waals surface area contributed by atoms with Crippen LogP contribution in [-0.2, 0) is 16.1 Å². The number of benzene rings is 2. The van der Waals surface area contributed by atoms with Crippen LogP contribution in [0.25, 0.3) is 0 Å². The van der Waals surface area contributed by atoms with Gasteiger partial charge in [0.1, 0.15) is 5.82 Å². The van der Waals surface area contributed by atoms with E-state index in [2.05, 4.69) is 5.32 Å². The predicted octanol–water partition coefficient (Wildman–Crippen LogP) is 2.93. The number of hydrogen-bond donors (Lipinski definition) is 1. The zero-order chi connectivity index (χ0) is 19.6. The summed E-state index contributed by atoms with van der Waals surface area (Å²) in [6.45, 7) is 0.341. The summed E-state index contributed by atoms with van der Waals surface area (Å²) in [6.07, 6.45) is 0.0355. The molecule has 0 unspecified atom stereocenters. The van der Waals surface area contributed by atoms with E-state index in [0.29, 0.717) is 29.3 Å². The Labute approximate surface area is 156 Å². The first kappa shape index (κ1) is 18.7. The van der Waals surface area contributed by atoms with Crippen LogP contribution in [0.15, 0.2) is 36.4 Å². The molecule has 2 amide bonds. The molecule has 0 bridgehead atoms. The second kappa shape index (κ2) is 7.65. The van der Waals surface area contributed by atoms with Gasteiger partial charge in [-0.15, -0.1) is 0 Å². The van der Waals surface area contributed by atoms with Gasteiger partial charge in [-0.3, -0.25) is 9.59 Å². The summed E-state index contributed by atoms with van der Waals surface area (Å²) in [5, 5.41) is 2.62. The quantitative estimate of drug-likeness (QED) is 0.876. The van der Waals surface area contributed by atoms with E-state index < -0.39 is 11.7 Å². The Hall–Kier alpha value is -3.09. The fourth-order valence-electron chi connectivity index (χ4n) is 3.25. The number of amides is 2. The summed E-state index contributed by atoms with van der Waals surface area (Å²) in [6, 6.07) is 9.52. The molecule has 0 aliphatic carbocycles. The van der Waals surface area contributed by atoms with Crippen molar-refractivity contribution in [2.24, 2.45) is 0 Å². The first-order valence-electron chi connectivity index (χ1n) is 8.48. The highest BCUT2D eigenvalue weighted by atomic mass is 19.1. The molecule has 1 heterocycles. The fourth-order valence-corrected chi connectivity index (χ4v) is 3.25. The van der Waals surface area contributed by atoms with Crippen LogP contribution in [0.3, 0.4) is 0 Å². The number of nitrogens with one attached hydrogen (secondary N) is 1. The molecular formula is C20H21FN2O4. The lowest BCUT2D eigenvalue weighted by Crippen LogP contribution is -2.36. The van der Waals surface area contributed by atoms with Crippen molar-refractivity contribution >= 4 is 17.5 Å². The lowest BCUT2D eigenvalue weighted by Gasteiger charge is -2.28. The molecule has 2 aromatic rings. The minimum absolute atomic E-state index is 0.0355. The maximum absolute atomic E-state index is 13.5. The van der Waals surface area contributed by atoms with Crippen molar-refractivity contribution in [1.29, 1.82) is 0 Å². The number of halogens is 1. The minimum Gasteiger partial charge on any atom is -0.493 e. The minimum atomic E-state index is -0.639. The predicted molar refractivity (Wildman–Crippen MR) is 98.4 cm³/mol. The number of hydrogen-bond acceptors (Lipinski definition) is 4. The molecule has 0 aromatic heterocycles. The monoisotopic (exact) mass is 372 g/mol. The Morgan fingerprint density at radius 1 is 1.19 bits per heavy atom. The number of anilines is 1. The van der Waals surface area contributed by atoms with Crippen molar-refractivity contribution in [3.8, 4) is 11.5 Å². The van der Waals surface area contributed by atoms with Crippen LogP contribution in [0.5, 0.6) is 11.5 Å². The number of methoxy groups -OCH3 is 2. The van der Waals surface area contributed by atoms with Gasteiger partial charge in [-0.05, 0) is 35.4 Å². The van der Waals surface area contributed by atoms with E-state index in [4.69, 9.17) is 9.47 Å². The standard InChI is InChI=1S/C20H21FN2O4/c1-23(11-12-4-7-17(26-2)18(8-12)27-3)20(25)15-10-19(24)22-16-9-13(21)5-6-14(15)16/h4-9,15H,10-11H2,1-3H3,(H,22,24)/t15-/m1/s1. The largest absolute Gasteiger partial charge is 0.493 e. The van der Waals surface area contributed by atoms with Crippen molar-refractivity contribution in [3.63, 3.8) is 0 Å². The molecule has 1 N–H and O–H groups in total. The van der Waals surface area contributed by atoms with Gasteiger partial charge in [-0.2, -0.15) is 0 Å². The summed E-state index contributed by atoms with van der Waals surface area (Å²) >= 11 is 0. The molecule has 3 rings (SSSR count). The normalized spacial score (nSPS) is 15.6. The van der Waals surface area contributed by atoms with Gasteiger partial charge in [0.15, 0.2) is 11.5 Å². The van der Waals surface area contributed by atoms with E-state index in [-0.39, 0.29) is 18.2 Å². The van der Waals surface area contributed by atoms with Crippen molar-refractivity contribution in [3.05, 3.63) is 53.3 Å². The second-order valence-electron chi connectivity index (χ2n) is 6.42. The van der Waals surface area contributed by atoms with Crippen LogP contribution < -0.4 is 14.8 Å². The number of likely N-dealkylation sites (N-methyl/N-ethyl adjacent to an activating group) is 1. The molecule has 7 heteroatoms. The lowest BCUT2D eigenvalue weighted by atomic mass is 9.89. The van der Waals surface area contributed by atoms with Crippen LogP contribution in [0.2, 0.25) is 0 Å². The molecule has 0 spiro atoms. The Kier molecular flexibility index (Phi) is 5.30. The summed E-state index contributed by atoms with van der Waals surface area (Å²) in [4.78, 5) is 26.5. The number of ether oxygens (including phenoxy) is 2. The third-order valence-electron chi connectivity index (χ3n) is 4.60. The number of nitrogens with zero attached hydrogens (tertiary/aromatic N) is 1. The Balaban J connectivity index is 1.81. The molecule has 0 saturated heterocycles. The van der Waals surface area contributed by atoms with Gasteiger partial charge in [-0.1, -0.05) is 12.1 Å². The Morgan fingerprint density at radius 2 is 1.93 bits per heavy atom. The van der Waals surface area contributed by atoms with Crippen molar-refractivity contribution in [1.82, 2.24) is 4.90 Å². The zero-order valence-corrected chi connectivity index (χ0v) is 15.4. The Bertz CT molecular complexity index is 884. The van der Waals surface area contributed by atoms with Gasteiger partial charge >= 0.3 is 0 Å². The fraction of sp³-hybridized carbons (Fsp3) is 0.300. The third kappa shape index (κ3) is 3.86. The highest BCUT2D eigenvalue weighted by Crippen LogP contribution is 2.34. The SMILES string of the molecule is COc1ccc(CN(C)C(=O)[C@@H]2CC(=O)Nc3cc(F)ccc32)cc1OC. The molecular weight excluding hydrogens is 351 g/mol. The van der Waals surface area contributed by atoms with Crippen LogP contribution >= 0.6 is 0 Å². The lowest BCUT2D eigenvalue weighted by molar-refractivity contribution is -0.134. The first-order valence-corrected chi connectivity index (χ1v) is 8.48. The topological polar surface area (TPSA) is 67.9 Å². The number of carbonyl (C=O) groups is 2. The van der Waals surface area contributed by atoms with E-state index in [1.165, 1.54) is 12.1 Å². The highest BCUT2D eigenvalue weighted by molar-refractivity contribution is 6.01. The van der Waals surface area contributed by atoms with Gasteiger partial charge in [-0.25, -0.2) is 4.39 Å². The maximum Gasteiger partial charge on any atom is 0.230 e. The number of rotatable bonds is 5. The van der Waals surface area contributed by atoms with Gasteiger partial charge in [0, 0.05) is 25.7 Å². The van der Waals surface area contributed by atoms with E-state index in [1.807, 2.05) is 6.07 Å². The molecule has 0 fully saturated rings. The molecule has 142 valence electrons.